The van der Waals surface area contributed by atoms with Crippen molar-refractivity contribution in [2.75, 3.05) is 10.6 Å². The fourth-order valence-corrected chi connectivity index (χ4v) is 4.02. The maximum Gasteiger partial charge on any atom is 0.412 e. The van der Waals surface area contributed by atoms with E-state index in [1.807, 2.05) is 17.5 Å². The van der Waals surface area contributed by atoms with Gasteiger partial charge < -0.3 is 10.1 Å². The molecule has 34 heavy (non-hydrogen) atoms. The Morgan fingerprint density at radius 3 is 2.68 bits per heavy atom. The predicted molar refractivity (Wildman–Crippen MR) is 130 cm³/mol. The van der Waals surface area contributed by atoms with E-state index in [1.54, 1.807) is 56.0 Å². The summed E-state index contributed by atoms with van der Waals surface area (Å²) in [6.07, 6.45) is 0.823. The number of rotatable bonds is 5. The maximum absolute atomic E-state index is 14.2. The minimum Gasteiger partial charge on any atom is -0.444 e. The van der Waals surface area contributed by atoms with Crippen LogP contribution in [0, 0.1) is 12.7 Å². The molecule has 0 bridgehead atoms. The highest BCUT2D eigenvalue weighted by atomic mass is 32.1. The van der Waals surface area contributed by atoms with Crippen LogP contribution in [-0.2, 0) is 11.3 Å². The first-order chi connectivity index (χ1) is 16.1. The number of carbonyl (C=O) groups excluding carboxylic acids is 2. The molecule has 0 aliphatic carbocycles. The molecular weight excluding hydrogens is 457 g/mol. The number of nitrogens with zero attached hydrogens (tertiary/aromatic N) is 3. The summed E-state index contributed by atoms with van der Waals surface area (Å²) in [6.45, 7) is 7.48. The molecule has 3 heterocycles. The molecule has 0 aliphatic heterocycles. The van der Waals surface area contributed by atoms with Crippen LogP contribution in [0.3, 0.4) is 0 Å². The van der Waals surface area contributed by atoms with E-state index in [1.165, 1.54) is 12.1 Å². The number of amides is 2. The number of carbonyl (C=O) groups is 2. The second kappa shape index (κ2) is 9.22. The van der Waals surface area contributed by atoms with Crippen LogP contribution in [0.4, 0.5) is 20.6 Å². The van der Waals surface area contributed by atoms with E-state index in [-0.39, 0.29) is 5.69 Å². The van der Waals surface area contributed by atoms with E-state index in [0.29, 0.717) is 34.5 Å². The zero-order valence-corrected chi connectivity index (χ0v) is 20.0. The van der Waals surface area contributed by atoms with Crippen molar-refractivity contribution in [2.24, 2.45) is 0 Å². The Kier molecular flexibility index (Phi) is 6.34. The van der Waals surface area contributed by atoms with E-state index in [0.717, 1.165) is 10.9 Å². The molecule has 2 N–H and O–H groups in total. The zero-order chi connectivity index (χ0) is 24.5. The van der Waals surface area contributed by atoms with Crippen molar-refractivity contribution in [3.63, 3.8) is 0 Å². The largest absolute Gasteiger partial charge is 0.444 e. The first kappa shape index (κ1) is 23.4. The van der Waals surface area contributed by atoms with Gasteiger partial charge in [-0.1, -0.05) is 6.07 Å². The lowest BCUT2D eigenvalue weighted by Gasteiger charge is -2.20. The maximum atomic E-state index is 14.2. The Morgan fingerprint density at radius 1 is 1.18 bits per heavy atom. The topological polar surface area (TPSA) is 98.1 Å². The van der Waals surface area contributed by atoms with Crippen LogP contribution in [0.1, 0.15) is 41.7 Å². The molecule has 8 nitrogen and oxygen atoms in total. The lowest BCUT2D eigenvalue weighted by Crippen LogP contribution is -2.27. The Morgan fingerprint density at radius 2 is 1.97 bits per heavy atom. The highest BCUT2D eigenvalue weighted by molar-refractivity contribution is 7.09. The number of benzene rings is 1. The molecule has 3 aromatic heterocycles. The van der Waals surface area contributed by atoms with Gasteiger partial charge in [0.2, 0.25) is 0 Å². The summed E-state index contributed by atoms with van der Waals surface area (Å²) in [4.78, 5) is 30.9. The average molecular weight is 482 g/mol. The van der Waals surface area contributed by atoms with Crippen LogP contribution < -0.4 is 10.6 Å². The molecule has 0 radical (unpaired) electrons. The molecule has 2 amide bonds. The van der Waals surface area contributed by atoms with Crippen molar-refractivity contribution in [1.29, 1.82) is 0 Å². The number of hydrogen-bond acceptors (Lipinski definition) is 6. The minimum atomic E-state index is -0.792. The van der Waals surface area contributed by atoms with Gasteiger partial charge >= 0.3 is 6.09 Å². The van der Waals surface area contributed by atoms with Crippen molar-refractivity contribution >= 4 is 45.7 Å². The van der Waals surface area contributed by atoms with Gasteiger partial charge in [0.1, 0.15) is 11.4 Å². The average Bonchev–Trinajstić information content (AvgIpc) is 3.39. The van der Waals surface area contributed by atoms with Crippen molar-refractivity contribution in [1.82, 2.24) is 14.8 Å². The van der Waals surface area contributed by atoms with Gasteiger partial charge in [0, 0.05) is 16.3 Å². The molecule has 0 atom stereocenters. The molecule has 0 fully saturated rings. The summed E-state index contributed by atoms with van der Waals surface area (Å²) in [5.41, 5.74) is 1.14. The fourth-order valence-electron chi connectivity index (χ4n) is 3.34. The smallest absolute Gasteiger partial charge is 0.412 e. The third-order valence-corrected chi connectivity index (χ3v) is 5.59. The molecule has 0 saturated heterocycles. The van der Waals surface area contributed by atoms with Gasteiger partial charge in [0.15, 0.2) is 5.65 Å². The summed E-state index contributed by atoms with van der Waals surface area (Å²) in [5, 5.41) is 12.2. The number of ether oxygens (including phenoxy) is 1. The fraction of sp³-hybridized carbons (Fsp3) is 0.250. The first-order valence-electron chi connectivity index (χ1n) is 10.6. The van der Waals surface area contributed by atoms with E-state index in [9.17, 15) is 14.0 Å². The Hall–Kier alpha value is -3.79. The Labute approximate surface area is 199 Å². The van der Waals surface area contributed by atoms with Gasteiger partial charge in [-0.05, 0) is 63.4 Å². The van der Waals surface area contributed by atoms with Crippen molar-refractivity contribution in [2.45, 2.75) is 39.8 Å². The van der Waals surface area contributed by atoms with Crippen LogP contribution in [0.5, 0.6) is 0 Å². The molecule has 0 spiro atoms. The number of nitrogens with one attached hydrogen (secondary N) is 2. The van der Waals surface area contributed by atoms with Crippen LogP contribution in [0.2, 0.25) is 0 Å². The van der Waals surface area contributed by atoms with Crippen molar-refractivity contribution < 1.29 is 18.7 Å². The zero-order valence-electron chi connectivity index (χ0n) is 19.2. The SMILES string of the molecule is Cc1cc(C(=O)Nc2ccc(F)c(NC(=O)OC(C)(C)C)c2)c2cnn(Cc3cccs3)c2n1. The molecule has 0 saturated carbocycles. The number of halogens is 1. The van der Waals surface area contributed by atoms with E-state index < -0.39 is 23.4 Å². The van der Waals surface area contributed by atoms with Gasteiger partial charge in [-0.25, -0.2) is 18.9 Å². The van der Waals surface area contributed by atoms with E-state index in [4.69, 9.17) is 4.74 Å². The van der Waals surface area contributed by atoms with Crippen molar-refractivity contribution in [3.8, 4) is 0 Å². The first-order valence-corrected chi connectivity index (χ1v) is 11.4. The molecule has 4 rings (SSSR count). The molecule has 4 aromatic rings. The van der Waals surface area contributed by atoms with Gasteiger partial charge in [0.05, 0.1) is 29.4 Å². The highest BCUT2D eigenvalue weighted by Crippen LogP contribution is 2.24. The van der Waals surface area contributed by atoms with Crippen LogP contribution in [0.25, 0.3) is 11.0 Å². The molecule has 176 valence electrons. The van der Waals surface area contributed by atoms with Crippen molar-refractivity contribution in [3.05, 3.63) is 69.9 Å². The summed E-state index contributed by atoms with van der Waals surface area (Å²) in [5.74, 6) is -1.05. The summed E-state index contributed by atoms with van der Waals surface area (Å²) in [6, 6.07) is 9.57. The van der Waals surface area contributed by atoms with Crippen LogP contribution in [0.15, 0.2) is 48.0 Å². The minimum absolute atomic E-state index is 0.105. The third-order valence-electron chi connectivity index (χ3n) is 4.73. The predicted octanol–water partition coefficient (Wildman–Crippen LogP) is 5.59. The standard InChI is InChI=1S/C24H24FN5O3S/c1-14-10-17(18-12-26-30(21(18)27-14)13-16-6-5-9-34-16)22(31)28-15-7-8-19(25)20(11-15)29-23(32)33-24(2,3)4/h5-12H,13H2,1-4H3,(H,28,31)(H,29,32). The van der Waals surface area contributed by atoms with Gasteiger partial charge in [-0.3, -0.25) is 10.1 Å². The Bertz CT molecular complexity index is 1360. The summed E-state index contributed by atoms with van der Waals surface area (Å²) >= 11 is 1.62. The summed E-state index contributed by atoms with van der Waals surface area (Å²) in [7, 11) is 0. The molecular formula is C24H24FN5O3S. The third kappa shape index (κ3) is 5.40. The second-order valence-corrected chi connectivity index (χ2v) is 9.74. The van der Waals surface area contributed by atoms with Crippen LogP contribution in [-0.4, -0.2) is 32.4 Å². The number of thiophene rings is 1. The number of aryl methyl sites for hydroxylation is 1. The number of fused-ring (bicyclic) bond motifs is 1. The van der Waals surface area contributed by atoms with Gasteiger partial charge in [-0.15, -0.1) is 11.3 Å². The molecule has 0 aliphatic rings. The van der Waals surface area contributed by atoms with Crippen LogP contribution >= 0.6 is 11.3 Å². The molecule has 0 unspecified atom stereocenters. The monoisotopic (exact) mass is 481 g/mol. The number of anilines is 2. The lowest BCUT2D eigenvalue weighted by molar-refractivity contribution is 0.0635. The highest BCUT2D eigenvalue weighted by Gasteiger charge is 2.19. The normalized spacial score (nSPS) is 11.4. The number of pyridine rings is 1. The quantitative estimate of drug-likeness (QED) is 0.387. The Balaban J connectivity index is 1.57. The van der Waals surface area contributed by atoms with E-state index >= 15 is 0 Å². The molecule has 10 heteroatoms. The number of hydrogen-bond donors (Lipinski definition) is 2. The lowest BCUT2D eigenvalue weighted by atomic mass is 10.1. The molecule has 1 aromatic carbocycles. The number of aromatic nitrogens is 3. The van der Waals surface area contributed by atoms with E-state index in [2.05, 4.69) is 20.7 Å². The second-order valence-electron chi connectivity index (χ2n) is 8.71. The van der Waals surface area contributed by atoms with Gasteiger partial charge in [0.25, 0.3) is 5.91 Å². The van der Waals surface area contributed by atoms with Gasteiger partial charge in [-0.2, -0.15) is 5.10 Å². The summed E-state index contributed by atoms with van der Waals surface area (Å²) < 4.78 is 21.2.